The summed E-state index contributed by atoms with van der Waals surface area (Å²) in [6, 6.07) is 5.85. The number of nitrogens with zero attached hydrogens (tertiary/aromatic N) is 3. The lowest BCUT2D eigenvalue weighted by molar-refractivity contribution is -0.0104. The fourth-order valence-corrected chi connectivity index (χ4v) is 5.75. The zero-order chi connectivity index (χ0) is 20.8. The van der Waals surface area contributed by atoms with Crippen molar-refractivity contribution >= 4 is 27.3 Å². The molecule has 4 rings (SSSR count). The highest BCUT2D eigenvalue weighted by Gasteiger charge is 2.45. The van der Waals surface area contributed by atoms with Gasteiger partial charge in [-0.1, -0.05) is 17.7 Å². The van der Waals surface area contributed by atoms with Gasteiger partial charge < -0.3 is 9.64 Å². The van der Waals surface area contributed by atoms with Crippen molar-refractivity contribution in [1.29, 1.82) is 0 Å². The van der Waals surface area contributed by atoms with Gasteiger partial charge in [0.2, 0.25) is 10.0 Å². The summed E-state index contributed by atoms with van der Waals surface area (Å²) in [6.45, 7) is 5.29. The van der Waals surface area contributed by atoms with Crippen molar-refractivity contribution < 1.29 is 17.9 Å². The number of ether oxygens (including phenoxy) is 1. The van der Waals surface area contributed by atoms with Gasteiger partial charge in [0.25, 0.3) is 5.91 Å². The van der Waals surface area contributed by atoms with Gasteiger partial charge in [0.05, 0.1) is 30.5 Å². The lowest BCUT2D eigenvalue weighted by Gasteiger charge is -2.43. The number of benzene rings is 1. The molecule has 1 amide bonds. The number of piperidine rings is 1. The van der Waals surface area contributed by atoms with Crippen molar-refractivity contribution in [3.05, 3.63) is 45.4 Å². The van der Waals surface area contributed by atoms with Gasteiger partial charge in [-0.2, -0.15) is 4.31 Å². The van der Waals surface area contributed by atoms with E-state index in [1.807, 2.05) is 32.0 Å². The van der Waals surface area contributed by atoms with Gasteiger partial charge in [0.15, 0.2) is 0 Å². The van der Waals surface area contributed by atoms with Gasteiger partial charge in [0, 0.05) is 18.7 Å². The van der Waals surface area contributed by atoms with E-state index in [2.05, 4.69) is 4.98 Å². The standard InChI is InChI=1S/C20H25N3O4S2/c1-14-5-6-17-16(9-14)10-23(29(3,25)26)12-20(27-17)7-4-8-22(11-20)19(24)18-15(2)21-13-28-18/h5-6,9,13H,4,7-8,10-12H2,1-3H3. The van der Waals surface area contributed by atoms with Crippen molar-refractivity contribution in [2.75, 3.05) is 25.9 Å². The fourth-order valence-electron chi connectivity index (χ4n) is 4.13. The molecular weight excluding hydrogens is 410 g/mol. The molecule has 0 aliphatic carbocycles. The van der Waals surface area contributed by atoms with Crippen LogP contribution in [0.1, 0.15) is 39.3 Å². The molecule has 2 aromatic rings. The highest BCUT2D eigenvalue weighted by atomic mass is 32.2. The number of sulfonamides is 1. The molecule has 0 N–H and O–H groups in total. The molecule has 9 heteroatoms. The smallest absolute Gasteiger partial charge is 0.265 e. The van der Waals surface area contributed by atoms with E-state index in [-0.39, 0.29) is 19.0 Å². The molecular formula is C20H25N3O4S2. The van der Waals surface area contributed by atoms with E-state index in [9.17, 15) is 13.2 Å². The van der Waals surface area contributed by atoms with Crippen molar-refractivity contribution in [3.8, 4) is 5.75 Å². The summed E-state index contributed by atoms with van der Waals surface area (Å²) in [7, 11) is -3.43. The average molecular weight is 436 g/mol. The van der Waals surface area contributed by atoms with Crippen LogP contribution in [0.4, 0.5) is 0 Å². The van der Waals surface area contributed by atoms with Crippen molar-refractivity contribution in [2.45, 2.75) is 38.8 Å². The number of rotatable bonds is 2. The molecule has 156 valence electrons. The second kappa shape index (κ2) is 7.37. The van der Waals surface area contributed by atoms with Crippen LogP contribution in [0.2, 0.25) is 0 Å². The molecule has 2 aliphatic heterocycles. The van der Waals surface area contributed by atoms with Crippen molar-refractivity contribution in [3.63, 3.8) is 0 Å². The number of aromatic nitrogens is 1. The molecule has 1 saturated heterocycles. The molecule has 1 spiro atoms. The number of hydrogen-bond acceptors (Lipinski definition) is 6. The molecule has 0 bridgehead atoms. The molecule has 1 aromatic heterocycles. The Kier molecular flexibility index (Phi) is 5.16. The number of fused-ring (bicyclic) bond motifs is 1. The Morgan fingerprint density at radius 2 is 2.07 bits per heavy atom. The Bertz CT molecular complexity index is 1050. The van der Waals surface area contributed by atoms with Crippen LogP contribution in [0.3, 0.4) is 0 Å². The first kappa shape index (κ1) is 20.3. The first-order valence-corrected chi connectivity index (χ1v) is 12.3. The van der Waals surface area contributed by atoms with E-state index < -0.39 is 15.6 Å². The number of carbonyl (C=O) groups excluding carboxylic acids is 1. The van der Waals surface area contributed by atoms with Gasteiger partial charge in [0.1, 0.15) is 16.2 Å². The molecule has 2 aliphatic rings. The maximum Gasteiger partial charge on any atom is 0.265 e. The van der Waals surface area contributed by atoms with E-state index in [0.717, 1.165) is 23.2 Å². The molecule has 1 unspecified atom stereocenters. The van der Waals surface area contributed by atoms with Gasteiger partial charge in [-0.3, -0.25) is 4.79 Å². The molecule has 0 radical (unpaired) electrons. The molecule has 3 heterocycles. The van der Waals surface area contributed by atoms with Gasteiger partial charge >= 0.3 is 0 Å². The van der Waals surface area contributed by atoms with Gasteiger partial charge in [-0.25, -0.2) is 13.4 Å². The first-order chi connectivity index (χ1) is 13.7. The summed E-state index contributed by atoms with van der Waals surface area (Å²) in [5, 5.41) is 0. The third-order valence-corrected chi connectivity index (χ3v) is 7.70. The van der Waals surface area contributed by atoms with E-state index in [1.54, 1.807) is 10.4 Å². The number of likely N-dealkylation sites (tertiary alicyclic amines) is 1. The minimum atomic E-state index is -3.43. The summed E-state index contributed by atoms with van der Waals surface area (Å²) >= 11 is 1.34. The second-order valence-electron chi connectivity index (χ2n) is 8.02. The number of hydrogen-bond donors (Lipinski definition) is 0. The quantitative estimate of drug-likeness (QED) is 0.724. The number of thiazole rings is 1. The maximum absolute atomic E-state index is 13.1. The Hall–Kier alpha value is -1.97. The lowest BCUT2D eigenvalue weighted by atomic mass is 9.92. The zero-order valence-corrected chi connectivity index (χ0v) is 18.5. The SMILES string of the molecule is Cc1ccc2c(c1)CN(S(C)(=O)=O)CC1(CCCN(C(=O)c3scnc3C)C1)O2. The highest BCUT2D eigenvalue weighted by Crippen LogP contribution is 2.36. The molecule has 29 heavy (non-hydrogen) atoms. The minimum absolute atomic E-state index is 0.0630. The maximum atomic E-state index is 13.1. The van der Waals surface area contributed by atoms with Crippen LogP contribution < -0.4 is 4.74 Å². The Balaban J connectivity index is 1.70. The average Bonchev–Trinajstić information content (AvgIpc) is 3.01. The van der Waals surface area contributed by atoms with Crippen LogP contribution in [0, 0.1) is 13.8 Å². The zero-order valence-electron chi connectivity index (χ0n) is 16.8. The Morgan fingerprint density at radius 1 is 1.28 bits per heavy atom. The molecule has 7 nitrogen and oxygen atoms in total. The fraction of sp³-hybridized carbons (Fsp3) is 0.500. The van der Waals surface area contributed by atoms with Gasteiger partial charge in [-0.05, 0) is 32.8 Å². The topological polar surface area (TPSA) is 79.8 Å². The number of amides is 1. The Labute approximate surface area is 175 Å². The number of carbonyl (C=O) groups is 1. The van der Waals surface area contributed by atoms with Crippen molar-refractivity contribution in [1.82, 2.24) is 14.2 Å². The van der Waals surface area contributed by atoms with E-state index in [0.29, 0.717) is 30.1 Å². The van der Waals surface area contributed by atoms with Crippen LogP contribution in [-0.4, -0.2) is 60.0 Å². The van der Waals surface area contributed by atoms with E-state index in [1.165, 1.54) is 21.9 Å². The van der Waals surface area contributed by atoms with Crippen LogP contribution in [-0.2, 0) is 16.6 Å². The molecule has 1 aromatic carbocycles. The Morgan fingerprint density at radius 3 is 2.76 bits per heavy atom. The third kappa shape index (κ3) is 4.04. The summed E-state index contributed by atoms with van der Waals surface area (Å²) in [5.41, 5.74) is 3.54. The second-order valence-corrected chi connectivity index (χ2v) is 10.9. The largest absolute Gasteiger partial charge is 0.484 e. The minimum Gasteiger partial charge on any atom is -0.484 e. The van der Waals surface area contributed by atoms with Crippen LogP contribution >= 0.6 is 11.3 Å². The molecule has 1 fully saturated rings. The summed E-state index contributed by atoms with van der Waals surface area (Å²) in [6.07, 6.45) is 2.67. The summed E-state index contributed by atoms with van der Waals surface area (Å²) in [4.78, 5) is 19.7. The van der Waals surface area contributed by atoms with Crippen LogP contribution in [0.5, 0.6) is 5.75 Å². The van der Waals surface area contributed by atoms with Gasteiger partial charge in [-0.15, -0.1) is 11.3 Å². The summed E-state index contributed by atoms with van der Waals surface area (Å²) < 4.78 is 32.9. The van der Waals surface area contributed by atoms with Crippen LogP contribution in [0.25, 0.3) is 0 Å². The lowest BCUT2D eigenvalue weighted by Crippen LogP contribution is -2.58. The predicted molar refractivity (Wildman–Crippen MR) is 112 cm³/mol. The van der Waals surface area contributed by atoms with E-state index >= 15 is 0 Å². The normalized spacial score (nSPS) is 22.8. The van der Waals surface area contributed by atoms with Crippen molar-refractivity contribution in [2.24, 2.45) is 0 Å². The molecule has 0 saturated carbocycles. The van der Waals surface area contributed by atoms with Crippen LogP contribution in [0.15, 0.2) is 23.7 Å². The predicted octanol–water partition coefficient (Wildman–Crippen LogP) is 2.59. The monoisotopic (exact) mass is 435 g/mol. The highest BCUT2D eigenvalue weighted by molar-refractivity contribution is 7.88. The van der Waals surface area contributed by atoms with E-state index in [4.69, 9.17) is 4.74 Å². The number of aryl methyl sites for hydroxylation is 2. The summed E-state index contributed by atoms with van der Waals surface area (Å²) in [5.74, 6) is 0.636. The molecule has 1 atom stereocenters. The first-order valence-electron chi connectivity index (χ1n) is 9.60. The third-order valence-electron chi connectivity index (χ3n) is 5.59.